The lowest BCUT2D eigenvalue weighted by molar-refractivity contribution is 0.761. The number of nitrogens with zero attached hydrogens (tertiary/aromatic N) is 3. The van der Waals surface area contributed by atoms with E-state index in [9.17, 15) is 0 Å². The molecule has 0 aliphatic rings. The van der Waals surface area contributed by atoms with Gasteiger partial charge in [0, 0.05) is 6.20 Å². The molecular weight excluding hydrogens is 198 g/mol. The van der Waals surface area contributed by atoms with Gasteiger partial charge in [-0.25, -0.2) is 9.50 Å². The predicted molar refractivity (Wildman–Crippen MR) is 65.9 cm³/mol. The lowest BCUT2D eigenvalue weighted by Gasteiger charge is -2.07. The van der Waals surface area contributed by atoms with Crippen LogP contribution in [-0.2, 0) is 0 Å². The predicted octanol–water partition coefficient (Wildman–Crippen LogP) is 3.28. The third-order valence-corrected chi connectivity index (χ3v) is 2.83. The van der Waals surface area contributed by atoms with Gasteiger partial charge in [0.1, 0.15) is 5.82 Å². The van der Waals surface area contributed by atoms with Gasteiger partial charge in [0.15, 0.2) is 0 Å². The largest absolute Gasteiger partial charge is 0.237 e. The minimum absolute atomic E-state index is 0.430. The first-order chi connectivity index (χ1) is 7.49. The molecule has 2 rings (SSSR count). The van der Waals surface area contributed by atoms with Crippen LogP contribution in [-0.4, -0.2) is 14.6 Å². The third kappa shape index (κ3) is 1.82. The lowest BCUT2D eigenvalue weighted by atomic mass is 10.1. The van der Waals surface area contributed by atoms with Crippen LogP contribution in [0.1, 0.15) is 56.6 Å². The van der Waals surface area contributed by atoms with E-state index in [-0.39, 0.29) is 0 Å². The molecule has 0 N–H and O–H groups in total. The van der Waals surface area contributed by atoms with Crippen LogP contribution in [0.5, 0.6) is 0 Å². The molecule has 0 saturated heterocycles. The average Bonchev–Trinajstić information content (AvgIpc) is 2.59. The second kappa shape index (κ2) is 3.89. The molecule has 2 heterocycles. The molecular formula is C13H19N3. The topological polar surface area (TPSA) is 30.2 Å². The summed E-state index contributed by atoms with van der Waals surface area (Å²) >= 11 is 0. The van der Waals surface area contributed by atoms with Crippen molar-refractivity contribution >= 4 is 5.52 Å². The minimum Gasteiger partial charge on any atom is -0.237 e. The zero-order chi connectivity index (χ0) is 11.9. The molecule has 0 fully saturated rings. The van der Waals surface area contributed by atoms with Gasteiger partial charge in [0.2, 0.25) is 0 Å². The van der Waals surface area contributed by atoms with Gasteiger partial charge in [0.05, 0.1) is 11.2 Å². The number of aryl methyl sites for hydroxylation is 1. The Morgan fingerprint density at radius 2 is 1.81 bits per heavy atom. The zero-order valence-corrected chi connectivity index (χ0v) is 10.7. The summed E-state index contributed by atoms with van der Waals surface area (Å²) in [5, 5.41) is 4.43. The molecule has 3 heteroatoms. The number of hydrogen-bond acceptors (Lipinski definition) is 2. The van der Waals surface area contributed by atoms with E-state index in [4.69, 9.17) is 0 Å². The van der Waals surface area contributed by atoms with Crippen molar-refractivity contribution in [2.24, 2.45) is 0 Å². The molecule has 0 atom stereocenters. The summed E-state index contributed by atoms with van der Waals surface area (Å²) in [4.78, 5) is 4.54. The molecule has 0 radical (unpaired) electrons. The zero-order valence-electron chi connectivity index (χ0n) is 10.7. The van der Waals surface area contributed by atoms with E-state index in [1.165, 1.54) is 5.56 Å². The number of aromatic nitrogens is 3. The highest BCUT2D eigenvalue weighted by Gasteiger charge is 2.12. The normalized spacial score (nSPS) is 11.9. The van der Waals surface area contributed by atoms with Gasteiger partial charge in [0.25, 0.3) is 0 Å². The Balaban J connectivity index is 2.70. The maximum absolute atomic E-state index is 4.54. The Morgan fingerprint density at radius 1 is 1.12 bits per heavy atom. The first kappa shape index (κ1) is 11.1. The van der Waals surface area contributed by atoms with Gasteiger partial charge < -0.3 is 0 Å². The highest BCUT2D eigenvalue weighted by Crippen LogP contribution is 2.23. The van der Waals surface area contributed by atoms with E-state index in [1.807, 2.05) is 11.4 Å². The van der Waals surface area contributed by atoms with Crippen LogP contribution in [0.3, 0.4) is 0 Å². The number of hydrogen-bond donors (Lipinski definition) is 0. The fraction of sp³-hybridized carbons (Fsp3) is 0.538. The van der Waals surface area contributed by atoms with E-state index < -0.39 is 0 Å². The van der Waals surface area contributed by atoms with E-state index in [0.29, 0.717) is 11.8 Å². The molecule has 16 heavy (non-hydrogen) atoms. The van der Waals surface area contributed by atoms with Crippen LogP contribution < -0.4 is 0 Å². The van der Waals surface area contributed by atoms with E-state index in [2.05, 4.69) is 50.0 Å². The lowest BCUT2D eigenvalue weighted by Crippen LogP contribution is -2.03. The summed E-state index contributed by atoms with van der Waals surface area (Å²) < 4.78 is 1.97. The summed E-state index contributed by atoms with van der Waals surface area (Å²) in [6.07, 6.45) is 2.11. The van der Waals surface area contributed by atoms with Crippen molar-refractivity contribution in [3.63, 3.8) is 0 Å². The minimum atomic E-state index is 0.430. The molecule has 0 bridgehead atoms. The van der Waals surface area contributed by atoms with Crippen LogP contribution in [0.15, 0.2) is 12.3 Å². The summed E-state index contributed by atoms with van der Waals surface area (Å²) in [5.74, 6) is 1.79. The molecule has 0 amide bonds. The second-order valence-electron chi connectivity index (χ2n) is 4.96. The van der Waals surface area contributed by atoms with Crippen molar-refractivity contribution in [3.05, 3.63) is 29.3 Å². The Kier molecular flexibility index (Phi) is 2.70. The SMILES string of the molecule is Cc1nc(C(C)C)c2cc(C(C)C)cn2n1. The quantitative estimate of drug-likeness (QED) is 0.772. The fourth-order valence-electron chi connectivity index (χ4n) is 1.90. The molecule has 86 valence electrons. The summed E-state index contributed by atoms with van der Waals surface area (Å²) in [5.41, 5.74) is 3.60. The Labute approximate surface area is 96.5 Å². The number of rotatable bonds is 2. The van der Waals surface area contributed by atoms with Crippen molar-refractivity contribution in [1.82, 2.24) is 14.6 Å². The van der Waals surface area contributed by atoms with Crippen molar-refractivity contribution in [2.45, 2.75) is 46.5 Å². The van der Waals surface area contributed by atoms with E-state index in [0.717, 1.165) is 17.0 Å². The fourth-order valence-corrected chi connectivity index (χ4v) is 1.90. The molecule has 2 aromatic heterocycles. The van der Waals surface area contributed by atoms with Crippen LogP contribution >= 0.6 is 0 Å². The third-order valence-electron chi connectivity index (χ3n) is 2.83. The van der Waals surface area contributed by atoms with Gasteiger partial charge in [-0.3, -0.25) is 0 Å². The molecule has 0 aliphatic carbocycles. The smallest absolute Gasteiger partial charge is 0.146 e. The molecule has 3 nitrogen and oxygen atoms in total. The first-order valence-electron chi connectivity index (χ1n) is 5.86. The summed E-state index contributed by atoms with van der Waals surface area (Å²) in [6.45, 7) is 10.7. The molecule has 0 spiro atoms. The van der Waals surface area contributed by atoms with Gasteiger partial charge in [-0.1, -0.05) is 27.7 Å². The van der Waals surface area contributed by atoms with E-state index in [1.54, 1.807) is 0 Å². The Bertz CT molecular complexity index is 509. The Hall–Kier alpha value is -1.38. The van der Waals surface area contributed by atoms with Crippen LogP contribution in [0, 0.1) is 6.92 Å². The van der Waals surface area contributed by atoms with Gasteiger partial charge in [-0.15, -0.1) is 0 Å². The van der Waals surface area contributed by atoms with Gasteiger partial charge >= 0.3 is 0 Å². The van der Waals surface area contributed by atoms with Crippen LogP contribution in [0.4, 0.5) is 0 Å². The van der Waals surface area contributed by atoms with E-state index >= 15 is 0 Å². The average molecular weight is 217 g/mol. The Morgan fingerprint density at radius 3 is 2.38 bits per heavy atom. The van der Waals surface area contributed by atoms with Gasteiger partial charge in [-0.05, 0) is 30.4 Å². The van der Waals surface area contributed by atoms with Crippen LogP contribution in [0.25, 0.3) is 5.52 Å². The van der Waals surface area contributed by atoms with Crippen molar-refractivity contribution in [3.8, 4) is 0 Å². The molecule has 0 unspecified atom stereocenters. The molecule has 0 aliphatic heterocycles. The van der Waals surface area contributed by atoms with Crippen molar-refractivity contribution in [2.75, 3.05) is 0 Å². The number of fused-ring (bicyclic) bond motifs is 1. The summed E-state index contributed by atoms with van der Waals surface area (Å²) in [7, 11) is 0. The highest BCUT2D eigenvalue weighted by atomic mass is 15.2. The van der Waals surface area contributed by atoms with Crippen molar-refractivity contribution < 1.29 is 0 Å². The molecule has 2 aromatic rings. The monoisotopic (exact) mass is 217 g/mol. The maximum atomic E-state index is 4.54. The highest BCUT2D eigenvalue weighted by molar-refractivity contribution is 5.55. The first-order valence-corrected chi connectivity index (χ1v) is 5.86. The standard InChI is InChI=1S/C13H19N3/c1-8(2)11-6-12-13(9(3)4)14-10(5)15-16(12)7-11/h6-9H,1-5H3. The summed E-state index contributed by atoms with van der Waals surface area (Å²) in [6, 6.07) is 2.21. The van der Waals surface area contributed by atoms with Gasteiger partial charge in [-0.2, -0.15) is 5.10 Å². The van der Waals surface area contributed by atoms with Crippen LogP contribution in [0.2, 0.25) is 0 Å². The second-order valence-corrected chi connectivity index (χ2v) is 4.96. The maximum Gasteiger partial charge on any atom is 0.146 e. The van der Waals surface area contributed by atoms with Crippen molar-refractivity contribution in [1.29, 1.82) is 0 Å². The molecule has 0 aromatic carbocycles. The molecule has 0 saturated carbocycles.